The Kier molecular flexibility index (Phi) is 7.76. The summed E-state index contributed by atoms with van der Waals surface area (Å²) in [5, 5.41) is 9.01. The van der Waals surface area contributed by atoms with Gasteiger partial charge >= 0.3 is 5.97 Å². The van der Waals surface area contributed by atoms with Gasteiger partial charge in [-0.2, -0.15) is 0 Å². The maximum absolute atomic E-state index is 11.0. The lowest BCUT2D eigenvalue weighted by molar-refractivity contribution is -0.137. The summed E-state index contributed by atoms with van der Waals surface area (Å²) in [5.74, 6) is 6.21. The van der Waals surface area contributed by atoms with E-state index in [1.165, 1.54) is 5.56 Å². The van der Waals surface area contributed by atoms with Gasteiger partial charge in [0.25, 0.3) is 0 Å². The molecule has 0 saturated heterocycles. The van der Waals surface area contributed by atoms with Gasteiger partial charge in [-0.25, -0.2) is 0 Å². The monoisotopic (exact) mass is 366 g/mol. The summed E-state index contributed by atoms with van der Waals surface area (Å²) in [6.07, 6.45) is 0.805. The minimum absolute atomic E-state index is 0.00510. The van der Waals surface area contributed by atoms with Gasteiger partial charge in [0.05, 0.1) is 25.0 Å². The summed E-state index contributed by atoms with van der Waals surface area (Å²) >= 11 is 0. The third-order valence-electron chi connectivity index (χ3n) is 4.10. The molecule has 0 aliphatic rings. The maximum Gasteiger partial charge on any atom is 0.304 e. The van der Waals surface area contributed by atoms with Gasteiger partial charge < -0.3 is 14.6 Å². The molecule has 2 rings (SSSR count). The normalized spacial score (nSPS) is 12.4. The molecule has 0 aliphatic heterocycles. The van der Waals surface area contributed by atoms with Gasteiger partial charge in [-0.05, 0) is 56.2 Å². The fourth-order valence-electron chi connectivity index (χ4n) is 2.72. The number of aryl methyl sites for hydroxylation is 1. The number of ether oxygens (including phenoxy) is 2. The van der Waals surface area contributed by atoms with E-state index in [0.29, 0.717) is 6.61 Å². The molecule has 0 fully saturated rings. The first-order valence-corrected chi connectivity index (χ1v) is 9.08. The molecule has 2 aromatic carbocycles. The second kappa shape index (κ2) is 10.3. The maximum atomic E-state index is 11.0. The third kappa shape index (κ3) is 7.07. The molecule has 27 heavy (non-hydrogen) atoms. The zero-order valence-corrected chi connectivity index (χ0v) is 16.1. The molecule has 0 spiro atoms. The predicted octanol–water partition coefficient (Wildman–Crippen LogP) is 4.81. The highest BCUT2D eigenvalue weighted by atomic mass is 16.5. The van der Waals surface area contributed by atoms with Crippen LogP contribution in [-0.2, 0) is 4.79 Å². The van der Waals surface area contributed by atoms with Crippen LogP contribution in [0.5, 0.6) is 11.5 Å². The van der Waals surface area contributed by atoms with Crippen molar-refractivity contribution in [3.8, 4) is 23.3 Å². The van der Waals surface area contributed by atoms with Crippen molar-refractivity contribution in [1.82, 2.24) is 0 Å². The van der Waals surface area contributed by atoms with Crippen molar-refractivity contribution in [3.63, 3.8) is 0 Å². The molecule has 4 heteroatoms. The topological polar surface area (TPSA) is 55.8 Å². The molecule has 2 aromatic rings. The molecule has 0 saturated carbocycles. The van der Waals surface area contributed by atoms with Crippen LogP contribution in [0.25, 0.3) is 0 Å². The Bertz CT molecular complexity index is 799. The molecule has 0 heterocycles. The SMILES string of the molecule is CC#CC(CC(=O)O)c1ccc(OCCC(C)Oc2cccc(C)c2)cc1. The molecular formula is C23H26O4. The molecule has 1 N–H and O–H groups in total. The van der Waals surface area contributed by atoms with Crippen LogP contribution in [0.15, 0.2) is 48.5 Å². The summed E-state index contributed by atoms with van der Waals surface area (Å²) in [7, 11) is 0. The lowest BCUT2D eigenvalue weighted by Crippen LogP contribution is -2.15. The molecule has 4 nitrogen and oxygen atoms in total. The van der Waals surface area contributed by atoms with E-state index >= 15 is 0 Å². The highest BCUT2D eigenvalue weighted by molar-refractivity contribution is 5.69. The van der Waals surface area contributed by atoms with Crippen LogP contribution >= 0.6 is 0 Å². The van der Waals surface area contributed by atoms with Gasteiger partial charge in [-0.15, -0.1) is 5.92 Å². The Morgan fingerprint density at radius 3 is 2.52 bits per heavy atom. The molecule has 2 atom stereocenters. The van der Waals surface area contributed by atoms with Crippen molar-refractivity contribution >= 4 is 5.97 Å². The van der Waals surface area contributed by atoms with Crippen LogP contribution in [0.1, 0.15) is 43.7 Å². The van der Waals surface area contributed by atoms with Crippen molar-refractivity contribution in [1.29, 1.82) is 0 Å². The minimum atomic E-state index is -0.856. The van der Waals surface area contributed by atoms with Gasteiger partial charge in [-0.3, -0.25) is 4.79 Å². The quantitative estimate of drug-likeness (QED) is 0.647. The van der Waals surface area contributed by atoms with E-state index < -0.39 is 5.97 Å². The van der Waals surface area contributed by atoms with Crippen molar-refractivity contribution in [3.05, 3.63) is 59.7 Å². The van der Waals surface area contributed by atoms with E-state index in [-0.39, 0.29) is 18.4 Å². The molecule has 0 radical (unpaired) electrons. The molecule has 0 amide bonds. The first kappa shape index (κ1) is 20.4. The number of hydrogen-bond acceptors (Lipinski definition) is 3. The Morgan fingerprint density at radius 1 is 1.15 bits per heavy atom. The lowest BCUT2D eigenvalue weighted by Gasteiger charge is -2.16. The van der Waals surface area contributed by atoms with E-state index in [1.807, 2.05) is 62.4 Å². The van der Waals surface area contributed by atoms with Gasteiger partial charge in [0.15, 0.2) is 0 Å². The molecular weight excluding hydrogens is 340 g/mol. The summed E-state index contributed by atoms with van der Waals surface area (Å²) in [4.78, 5) is 11.0. The van der Waals surface area contributed by atoms with E-state index in [4.69, 9.17) is 14.6 Å². The lowest BCUT2D eigenvalue weighted by atomic mass is 9.96. The van der Waals surface area contributed by atoms with Gasteiger partial charge in [0, 0.05) is 6.42 Å². The third-order valence-corrected chi connectivity index (χ3v) is 4.10. The number of benzene rings is 2. The number of carboxylic acids is 1. The largest absolute Gasteiger partial charge is 0.493 e. The second-order valence-electron chi connectivity index (χ2n) is 6.50. The van der Waals surface area contributed by atoms with Crippen molar-refractivity contribution in [2.45, 2.75) is 45.6 Å². The van der Waals surface area contributed by atoms with E-state index in [0.717, 1.165) is 23.5 Å². The average Bonchev–Trinajstić information content (AvgIpc) is 2.61. The average molecular weight is 366 g/mol. The van der Waals surface area contributed by atoms with Crippen LogP contribution in [0, 0.1) is 18.8 Å². The van der Waals surface area contributed by atoms with Gasteiger partial charge in [0.2, 0.25) is 0 Å². The number of carboxylic acid groups (broad SMARTS) is 1. The Labute approximate surface area is 161 Å². The van der Waals surface area contributed by atoms with Crippen LogP contribution < -0.4 is 9.47 Å². The van der Waals surface area contributed by atoms with Crippen LogP contribution in [-0.4, -0.2) is 23.8 Å². The first-order chi connectivity index (χ1) is 13.0. The summed E-state index contributed by atoms with van der Waals surface area (Å²) in [5.41, 5.74) is 2.06. The Hall–Kier alpha value is -2.93. The number of rotatable bonds is 9. The van der Waals surface area contributed by atoms with Crippen molar-refractivity contribution in [2.75, 3.05) is 6.61 Å². The van der Waals surface area contributed by atoms with Crippen LogP contribution in [0.2, 0.25) is 0 Å². The highest BCUT2D eigenvalue weighted by Gasteiger charge is 2.13. The number of carbonyl (C=O) groups is 1. The molecule has 0 aliphatic carbocycles. The summed E-state index contributed by atoms with van der Waals surface area (Å²) in [6.45, 7) is 6.32. The summed E-state index contributed by atoms with van der Waals surface area (Å²) in [6, 6.07) is 15.5. The smallest absolute Gasteiger partial charge is 0.304 e. The fraction of sp³-hybridized carbons (Fsp3) is 0.348. The highest BCUT2D eigenvalue weighted by Crippen LogP contribution is 2.22. The minimum Gasteiger partial charge on any atom is -0.493 e. The van der Waals surface area contributed by atoms with Gasteiger partial charge in [-0.1, -0.05) is 30.2 Å². The van der Waals surface area contributed by atoms with Crippen LogP contribution in [0.3, 0.4) is 0 Å². The molecule has 0 bridgehead atoms. The van der Waals surface area contributed by atoms with E-state index in [9.17, 15) is 4.79 Å². The zero-order valence-electron chi connectivity index (χ0n) is 16.1. The zero-order chi connectivity index (χ0) is 19.6. The second-order valence-corrected chi connectivity index (χ2v) is 6.50. The molecule has 142 valence electrons. The van der Waals surface area contributed by atoms with E-state index in [1.54, 1.807) is 6.92 Å². The Balaban J connectivity index is 1.83. The predicted molar refractivity (Wildman–Crippen MR) is 106 cm³/mol. The van der Waals surface area contributed by atoms with E-state index in [2.05, 4.69) is 11.8 Å². The van der Waals surface area contributed by atoms with Crippen molar-refractivity contribution < 1.29 is 19.4 Å². The Morgan fingerprint density at radius 2 is 1.89 bits per heavy atom. The molecule has 0 aromatic heterocycles. The molecule has 2 unspecified atom stereocenters. The van der Waals surface area contributed by atoms with Crippen molar-refractivity contribution in [2.24, 2.45) is 0 Å². The first-order valence-electron chi connectivity index (χ1n) is 9.08. The summed E-state index contributed by atoms with van der Waals surface area (Å²) < 4.78 is 11.7. The van der Waals surface area contributed by atoms with Gasteiger partial charge in [0.1, 0.15) is 11.5 Å². The van der Waals surface area contributed by atoms with Crippen LogP contribution in [0.4, 0.5) is 0 Å². The number of aliphatic carboxylic acids is 1. The standard InChI is InChI=1S/C23H26O4/c1-4-6-20(16-23(24)25)19-9-11-21(12-10-19)26-14-13-18(3)27-22-8-5-7-17(2)15-22/h5,7-12,15,18,20H,13-14,16H2,1-3H3,(H,24,25). The number of hydrogen-bond donors (Lipinski definition) is 1. The fourth-order valence-corrected chi connectivity index (χ4v) is 2.72.